The first-order chi connectivity index (χ1) is 22.9. The van der Waals surface area contributed by atoms with Crippen LogP contribution in [0.25, 0.3) is 0 Å². The Morgan fingerprint density at radius 3 is 2.60 bits per heavy atom. The second-order valence-electron chi connectivity index (χ2n) is 13.9. The average molecular weight is 647 g/mol. The van der Waals surface area contributed by atoms with Crippen LogP contribution in [-0.2, 0) is 16.0 Å². The van der Waals surface area contributed by atoms with Gasteiger partial charge in [-0.3, -0.25) is 14.5 Å². The zero-order valence-electron chi connectivity index (χ0n) is 28.2. The van der Waals surface area contributed by atoms with Gasteiger partial charge in [0.05, 0.1) is 24.6 Å². The smallest absolute Gasteiger partial charge is 0.251 e. The van der Waals surface area contributed by atoms with Crippen LogP contribution in [0.5, 0.6) is 5.75 Å². The third-order valence-electron chi connectivity index (χ3n) is 10.7. The van der Waals surface area contributed by atoms with Gasteiger partial charge in [-0.2, -0.15) is 4.98 Å². The standard InChI is InChI=1S/C35H50N8O4/c1-4-29-34(45)40(2)30-20-37-35(39-32(30)43(29)24-7-5-6-8-24)38-28-12-11-27(26-13-18-47-31(26)28)33(44)36-19-25(46-3)22-42-16-14-41(15-17-42)21-23-9-10-23/h11-12,20,23-25,29H,4-10,13-19,21-22H2,1-3H3,(H,36,44)(H,37,38,39)/t25-,29+/m0/s1. The summed E-state index contributed by atoms with van der Waals surface area (Å²) in [6, 6.07) is 3.79. The molecule has 3 fully saturated rings. The lowest BCUT2D eigenvalue weighted by atomic mass is 10.0. The second kappa shape index (κ2) is 13.9. The van der Waals surface area contributed by atoms with Gasteiger partial charge in [-0.1, -0.05) is 19.8 Å². The van der Waals surface area contributed by atoms with E-state index in [1.165, 1.54) is 32.2 Å². The number of piperazine rings is 1. The third kappa shape index (κ3) is 6.77. The number of hydrogen-bond donors (Lipinski definition) is 2. The van der Waals surface area contributed by atoms with E-state index in [2.05, 4.69) is 37.2 Å². The first-order valence-corrected chi connectivity index (χ1v) is 17.7. The van der Waals surface area contributed by atoms with Crippen LogP contribution >= 0.6 is 0 Å². The molecular formula is C35H50N8O4. The van der Waals surface area contributed by atoms with Crippen molar-refractivity contribution in [2.24, 2.45) is 5.92 Å². The Bertz CT molecular complexity index is 1450. The number of anilines is 4. The summed E-state index contributed by atoms with van der Waals surface area (Å²) in [6.07, 6.45) is 10.3. The molecule has 2 N–H and O–H groups in total. The zero-order chi connectivity index (χ0) is 32.5. The van der Waals surface area contributed by atoms with Crippen LogP contribution in [0.3, 0.4) is 0 Å². The third-order valence-corrected chi connectivity index (χ3v) is 10.7. The van der Waals surface area contributed by atoms with E-state index in [-0.39, 0.29) is 24.0 Å². The Labute approximate surface area is 278 Å². The SMILES string of the molecule is CC[C@@H]1C(=O)N(C)c2cnc(Nc3ccc(C(=O)NC[C@@H](CN4CCN(CC5CC5)CC4)OC)c4c3OCC4)nc2N1C1CCCC1. The molecule has 12 heteroatoms. The van der Waals surface area contributed by atoms with Gasteiger partial charge in [0.1, 0.15) is 17.5 Å². The number of nitrogens with zero attached hydrogens (tertiary/aromatic N) is 6. The van der Waals surface area contributed by atoms with Crippen molar-refractivity contribution in [2.45, 2.75) is 76.5 Å². The number of aromatic nitrogens is 2. The molecule has 3 aliphatic heterocycles. The Kier molecular flexibility index (Phi) is 9.51. The molecule has 0 unspecified atom stereocenters. The molecule has 7 rings (SSSR count). The first-order valence-electron chi connectivity index (χ1n) is 17.7. The van der Waals surface area contributed by atoms with Gasteiger partial charge in [-0.15, -0.1) is 0 Å². The number of amides is 2. The summed E-state index contributed by atoms with van der Waals surface area (Å²) >= 11 is 0. The molecule has 0 spiro atoms. The Hall–Kier alpha value is -3.48. The predicted octanol–water partition coefficient (Wildman–Crippen LogP) is 3.43. The van der Waals surface area contributed by atoms with Gasteiger partial charge < -0.3 is 34.8 Å². The Morgan fingerprint density at radius 1 is 1.11 bits per heavy atom. The molecule has 254 valence electrons. The van der Waals surface area contributed by atoms with Crippen molar-refractivity contribution in [2.75, 3.05) is 81.7 Å². The maximum Gasteiger partial charge on any atom is 0.251 e. The van der Waals surface area contributed by atoms with Crippen LogP contribution in [0, 0.1) is 5.92 Å². The average Bonchev–Trinajstić information content (AvgIpc) is 3.50. The lowest BCUT2D eigenvalue weighted by molar-refractivity contribution is -0.120. The van der Waals surface area contributed by atoms with E-state index in [1.54, 1.807) is 18.2 Å². The van der Waals surface area contributed by atoms with Crippen LogP contribution in [0.1, 0.15) is 67.8 Å². The highest BCUT2D eigenvalue weighted by Gasteiger charge is 2.41. The molecule has 0 radical (unpaired) electrons. The predicted molar refractivity (Wildman–Crippen MR) is 182 cm³/mol. The molecule has 5 aliphatic rings. The van der Waals surface area contributed by atoms with E-state index in [4.69, 9.17) is 14.5 Å². The minimum atomic E-state index is -0.233. The molecule has 2 aliphatic carbocycles. The molecule has 1 saturated heterocycles. The largest absolute Gasteiger partial charge is 0.491 e. The molecule has 2 saturated carbocycles. The highest BCUT2D eigenvalue weighted by molar-refractivity contribution is 6.04. The van der Waals surface area contributed by atoms with E-state index in [1.807, 2.05) is 19.2 Å². The fourth-order valence-electron chi connectivity index (χ4n) is 7.80. The number of fused-ring (bicyclic) bond motifs is 2. The normalized spacial score (nSPS) is 22.6. The fraction of sp³-hybridized carbons (Fsp3) is 0.657. The quantitative estimate of drug-likeness (QED) is 0.356. The molecule has 2 aromatic rings. The van der Waals surface area contributed by atoms with Crippen molar-refractivity contribution in [3.8, 4) is 5.75 Å². The minimum absolute atomic E-state index is 0.0780. The molecule has 47 heavy (non-hydrogen) atoms. The van der Waals surface area contributed by atoms with Gasteiger partial charge in [-0.25, -0.2) is 4.98 Å². The number of hydrogen-bond acceptors (Lipinski definition) is 10. The molecule has 1 aromatic carbocycles. The summed E-state index contributed by atoms with van der Waals surface area (Å²) < 4.78 is 11.8. The number of benzene rings is 1. The van der Waals surface area contributed by atoms with Crippen LogP contribution < -0.4 is 25.2 Å². The van der Waals surface area contributed by atoms with E-state index < -0.39 is 0 Å². The highest BCUT2D eigenvalue weighted by atomic mass is 16.5. The molecule has 1 aromatic heterocycles. The van der Waals surface area contributed by atoms with Crippen molar-refractivity contribution in [1.82, 2.24) is 25.1 Å². The summed E-state index contributed by atoms with van der Waals surface area (Å²) in [5.74, 6) is 2.80. The number of rotatable bonds is 12. The van der Waals surface area contributed by atoms with E-state index in [0.717, 1.165) is 80.7 Å². The molecule has 2 atom stereocenters. The molecule has 0 bridgehead atoms. The highest BCUT2D eigenvalue weighted by Crippen LogP contribution is 2.41. The van der Waals surface area contributed by atoms with Gasteiger partial charge in [0, 0.05) is 83.6 Å². The van der Waals surface area contributed by atoms with Crippen molar-refractivity contribution in [1.29, 1.82) is 0 Å². The second-order valence-corrected chi connectivity index (χ2v) is 13.9. The van der Waals surface area contributed by atoms with Crippen molar-refractivity contribution in [3.63, 3.8) is 0 Å². The van der Waals surface area contributed by atoms with Crippen molar-refractivity contribution in [3.05, 3.63) is 29.5 Å². The van der Waals surface area contributed by atoms with Crippen LogP contribution in [0.15, 0.2) is 18.3 Å². The first kappa shape index (κ1) is 32.1. The van der Waals surface area contributed by atoms with E-state index >= 15 is 0 Å². The van der Waals surface area contributed by atoms with Gasteiger partial charge in [-0.05, 0) is 50.2 Å². The number of likely N-dealkylation sites (N-methyl/N-ethyl adjacent to an activating group) is 1. The van der Waals surface area contributed by atoms with Crippen molar-refractivity contribution >= 4 is 35.0 Å². The van der Waals surface area contributed by atoms with Gasteiger partial charge in [0.25, 0.3) is 5.91 Å². The maximum absolute atomic E-state index is 13.5. The van der Waals surface area contributed by atoms with Gasteiger partial charge in [0.15, 0.2) is 5.82 Å². The summed E-state index contributed by atoms with van der Waals surface area (Å²) in [5.41, 5.74) is 2.96. The van der Waals surface area contributed by atoms with E-state index in [0.29, 0.717) is 42.9 Å². The number of methoxy groups -OCH3 is 1. The van der Waals surface area contributed by atoms with Gasteiger partial charge >= 0.3 is 0 Å². The number of nitrogens with one attached hydrogen (secondary N) is 2. The summed E-state index contributed by atoms with van der Waals surface area (Å²) in [4.78, 5) is 45.3. The van der Waals surface area contributed by atoms with E-state index in [9.17, 15) is 9.59 Å². The molecule has 2 amide bonds. The van der Waals surface area contributed by atoms with Crippen LogP contribution in [0.4, 0.5) is 23.1 Å². The minimum Gasteiger partial charge on any atom is -0.491 e. The summed E-state index contributed by atoms with van der Waals surface area (Å²) in [5, 5.41) is 6.50. The topological polar surface area (TPSA) is 115 Å². The molecule has 12 nitrogen and oxygen atoms in total. The zero-order valence-corrected chi connectivity index (χ0v) is 28.2. The monoisotopic (exact) mass is 646 g/mol. The van der Waals surface area contributed by atoms with Crippen LogP contribution in [0.2, 0.25) is 0 Å². The number of ether oxygens (including phenoxy) is 2. The van der Waals surface area contributed by atoms with Crippen LogP contribution in [-0.4, -0.2) is 116 Å². The molecular weight excluding hydrogens is 596 g/mol. The number of carbonyl (C=O) groups excluding carboxylic acids is 2. The fourth-order valence-corrected chi connectivity index (χ4v) is 7.80. The summed E-state index contributed by atoms with van der Waals surface area (Å²) in [6.45, 7) is 9.37. The number of carbonyl (C=O) groups is 2. The lowest BCUT2D eigenvalue weighted by Gasteiger charge is -2.43. The van der Waals surface area contributed by atoms with Gasteiger partial charge in [0.2, 0.25) is 11.9 Å². The maximum atomic E-state index is 13.5. The summed E-state index contributed by atoms with van der Waals surface area (Å²) in [7, 11) is 3.53. The molecule has 4 heterocycles. The van der Waals surface area contributed by atoms with Crippen molar-refractivity contribution < 1.29 is 19.1 Å². The Morgan fingerprint density at radius 2 is 1.87 bits per heavy atom. The Balaban J connectivity index is 1.02. The lowest BCUT2D eigenvalue weighted by Crippen LogP contribution is -2.55.